The van der Waals surface area contributed by atoms with E-state index in [9.17, 15) is 9.59 Å². The van der Waals surface area contributed by atoms with Gasteiger partial charge in [-0.25, -0.2) is 4.98 Å². The number of morpholine rings is 1. The molecule has 122 valence electrons. The third-order valence-corrected chi connectivity index (χ3v) is 4.24. The summed E-state index contributed by atoms with van der Waals surface area (Å²) in [6, 6.07) is 1.51. The van der Waals surface area contributed by atoms with Gasteiger partial charge in [0, 0.05) is 24.8 Å². The average molecular weight is 325 g/mol. The molecule has 2 atom stereocenters. The van der Waals surface area contributed by atoms with Gasteiger partial charge in [0.25, 0.3) is 5.56 Å². The van der Waals surface area contributed by atoms with Crippen LogP contribution in [0.15, 0.2) is 16.0 Å². The molecule has 0 unspecified atom stereocenters. The lowest BCUT2D eigenvalue weighted by atomic mass is 10.2. The van der Waals surface area contributed by atoms with Gasteiger partial charge in [-0.2, -0.15) is 0 Å². The zero-order chi connectivity index (χ0) is 16.1. The summed E-state index contributed by atoms with van der Waals surface area (Å²) in [6.45, 7) is 7.21. The van der Waals surface area contributed by atoms with Gasteiger partial charge in [0.15, 0.2) is 5.16 Å². The highest BCUT2D eigenvalue weighted by Crippen LogP contribution is 2.16. The van der Waals surface area contributed by atoms with Gasteiger partial charge in [0.2, 0.25) is 5.91 Å². The highest BCUT2D eigenvalue weighted by atomic mass is 32.2. The van der Waals surface area contributed by atoms with Crippen LogP contribution in [0, 0.1) is 0 Å². The van der Waals surface area contributed by atoms with Crippen molar-refractivity contribution in [3.63, 3.8) is 0 Å². The fraction of sp³-hybridized carbons (Fsp3) is 0.667. The minimum absolute atomic E-state index is 0.0514. The fourth-order valence-corrected chi connectivity index (χ4v) is 3.34. The molecule has 0 aliphatic carbocycles. The van der Waals surface area contributed by atoms with Crippen LogP contribution in [0.1, 0.15) is 32.9 Å². The maximum atomic E-state index is 12.3. The summed E-state index contributed by atoms with van der Waals surface area (Å²) in [6.07, 6.45) is 1.82. The van der Waals surface area contributed by atoms with Gasteiger partial charge in [0.05, 0.1) is 18.0 Å². The van der Waals surface area contributed by atoms with E-state index < -0.39 is 0 Å². The second-order valence-corrected chi connectivity index (χ2v) is 6.60. The predicted octanol–water partition coefficient (Wildman–Crippen LogP) is 1.45. The van der Waals surface area contributed by atoms with Crippen molar-refractivity contribution in [2.45, 2.75) is 51.0 Å². The monoisotopic (exact) mass is 325 g/mol. The summed E-state index contributed by atoms with van der Waals surface area (Å²) in [5.41, 5.74) is 0.608. The zero-order valence-electron chi connectivity index (χ0n) is 13.3. The molecule has 1 aliphatic rings. The summed E-state index contributed by atoms with van der Waals surface area (Å²) >= 11 is 1.28. The van der Waals surface area contributed by atoms with Crippen molar-refractivity contribution in [3.05, 3.63) is 22.1 Å². The molecule has 0 bridgehead atoms. The van der Waals surface area contributed by atoms with Crippen LogP contribution in [0.25, 0.3) is 0 Å². The number of ether oxygens (including phenoxy) is 1. The summed E-state index contributed by atoms with van der Waals surface area (Å²) in [7, 11) is 0. The van der Waals surface area contributed by atoms with E-state index in [0.717, 1.165) is 18.5 Å². The Hall–Kier alpha value is -1.34. The molecule has 0 saturated carbocycles. The van der Waals surface area contributed by atoms with Crippen LogP contribution in [-0.4, -0.2) is 51.8 Å². The number of thioether (sulfide) groups is 1. The third-order valence-electron chi connectivity index (χ3n) is 3.38. The Kier molecular flexibility index (Phi) is 6.02. The molecule has 0 spiro atoms. The van der Waals surface area contributed by atoms with Crippen LogP contribution in [0.2, 0.25) is 0 Å². The number of hydrogen-bond acceptors (Lipinski definition) is 5. The lowest BCUT2D eigenvalue weighted by molar-refractivity contribution is -0.140. The number of nitrogens with one attached hydrogen (secondary N) is 1. The Bertz CT molecular complexity index is 565. The van der Waals surface area contributed by atoms with E-state index >= 15 is 0 Å². The second kappa shape index (κ2) is 7.78. The van der Waals surface area contributed by atoms with Crippen molar-refractivity contribution < 1.29 is 9.53 Å². The molecule has 0 aromatic carbocycles. The van der Waals surface area contributed by atoms with Crippen LogP contribution in [0.3, 0.4) is 0 Å². The minimum Gasteiger partial charge on any atom is -0.372 e. The van der Waals surface area contributed by atoms with Gasteiger partial charge in [-0.1, -0.05) is 25.1 Å². The molecule has 22 heavy (non-hydrogen) atoms. The van der Waals surface area contributed by atoms with Gasteiger partial charge in [-0.15, -0.1) is 0 Å². The highest BCUT2D eigenvalue weighted by Gasteiger charge is 2.25. The van der Waals surface area contributed by atoms with Crippen molar-refractivity contribution in [2.24, 2.45) is 0 Å². The van der Waals surface area contributed by atoms with Crippen molar-refractivity contribution in [1.82, 2.24) is 14.9 Å². The summed E-state index contributed by atoms with van der Waals surface area (Å²) in [5.74, 6) is 0.327. The number of aryl methyl sites for hydroxylation is 1. The van der Waals surface area contributed by atoms with Crippen molar-refractivity contribution in [2.75, 3.05) is 18.8 Å². The molecule has 7 heteroatoms. The van der Waals surface area contributed by atoms with Crippen LogP contribution >= 0.6 is 11.8 Å². The Labute approximate surface area is 134 Å². The molecule has 2 rings (SSSR count). The summed E-state index contributed by atoms with van der Waals surface area (Å²) in [4.78, 5) is 32.8. The summed E-state index contributed by atoms with van der Waals surface area (Å²) < 4.78 is 5.63. The number of hydrogen-bond donors (Lipinski definition) is 1. The van der Waals surface area contributed by atoms with Gasteiger partial charge in [0.1, 0.15) is 0 Å². The largest absolute Gasteiger partial charge is 0.372 e. The number of aromatic amines is 1. The Morgan fingerprint density at radius 1 is 1.45 bits per heavy atom. The van der Waals surface area contributed by atoms with Gasteiger partial charge in [-0.05, 0) is 20.3 Å². The number of H-pyrrole nitrogens is 1. The number of nitrogens with zero attached hydrogens (tertiary/aromatic N) is 2. The van der Waals surface area contributed by atoms with E-state index in [1.54, 1.807) is 0 Å². The average Bonchev–Trinajstić information content (AvgIpc) is 2.43. The first kappa shape index (κ1) is 17.0. The van der Waals surface area contributed by atoms with Crippen LogP contribution in [0.5, 0.6) is 0 Å². The lowest BCUT2D eigenvalue weighted by Crippen LogP contribution is -2.48. The maximum Gasteiger partial charge on any atom is 0.251 e. The Balaban J connectivity index is 1.94. The highest BCUT2D eigenvalue weighted by molar-refractivity contribution is 7.99. The molecule has 1 aliphatic heterocycles. The van der Waals surface area contributed by atoms with Crippen molar-refractivity contribution in [3.8, 4) is 0 Å². The molecule has 1 aromatic rings. The van der Waals surface area contributed by atoms with Gasteiger partial charge in [-0.3, -0.25) is 9.59 Å². The van der Waals surface area contributed by atoms with Crippen LogP contribution in [0.4, 0.5) is 0 Å². The quantitative estimate of drug-likeness (QED) is 0.655. The number of amides is 1. The van der Waals surface area contributed by atoms with E-state index in [0.29, 0.717) is 18.2 Å². The minimum atomic E-state index is -0.165. The third kappa shape index (κ3) is 4.84. The first-order chi connectivity index (χ1) is 10.5. The second-order valence-electron chi connectivity index (χ2n) is 5.64. The normalized spacial score (nSPS) is 21.9. The molecule has 6 nitrogen and oxygen atoms in total. The fourth-order valence-electron chi connectivity index (χ4n) is 2.54. The Morgan fingerprint density at radius 2 is 2.14 bits per heavy atom. The number of aromatic nitrogens is 2. The Morgan fingerprint density at radius 3 is 2.77 bits per heavy atom. The molecule has 1 saturated heterocycles. The van der Waals surface area contributed by atoms with E-state index in [1.807, 2.05) is 25.7 Å². The molecule has 1 amide bonds. The smallest absolute Gasteiger partial charge is 0.251 e. The lowest BCUT2D eigenvalue weighted by Gasteiger charge is -2.35. The zero-order valence-corrected chi connectivity index (χ0v) is 14.1. The molecule has 1 aromatic heterocycles. The summed E-state index contributed by atoms with van der Waals surface area (Å²) in [5, 5.41) is 0.513. The maximum absolute atomic E-state index is 12.3. The van der Waals surface area contributed by atoms with E-state index in [2.05, 4.69) is 9.97 Å². The number of rotatable bonds is 5. The molecule has 1 fully saturated rings. The SMILES string of the molecule is CCCc1cc(=O)[nH]c(SCC(=O)N2C[C@H](C)O[C@@H](C)C2)n1. The van der Waals surface area contributed by atoms with Crippen molar-refractivity contribution in [1.29, 1.82) is 0 Å². The first-order valence-electron chi connectivity index (χ1n) is 7.64. The molecular formula is C15H23N3O3S. The van der Waals surface area contributed by atoms with Crippen LogP contribution in [-0.2, 0) is 16.0 Å². The van der Waals surface area contributed by atoms with Crippen molar-refractivity contribution >= 4 is 17.7 Å². The topological polar surface area (TPSA) is 75.3 Å². The first-order valence-corrected chi connectivity index (χ1v) is 8.62. The molecule has 0 radical (unpaired) electrons. The molecule has 2 heterocycles. The number of carbonyl (C=O) groups excluding carboxylic acids is 1. The van der Waals surface area contributed by atoms with Crippen LogP contribution < -0.4 is 5.56 Å². The molecule has 1 N–H and O–H groups in total. The molecular weight excluding hydrogens is 302 g/mol. The van der Waals surface area contributed by atoms with Gasteiger partial charge >= 0.3 is 0 Å². The predicted molar refractivity (Wildman–Crippen MR) is 86.2 cm³/mol. The standard InChI is InChI=1S/C15H23N3O3S/c1-4-5-12-6-13(19)17-15(16-12)22-9-14(20)18-7-10(2)21-11(3)8-18/h6,10-11H,4-5,7-9H2,1-3H3,(H,16,17,19)/t10-,11-/m0/s1. The van der Waals surface area contributed by atoms with E-state index in [-0.39, 0.29) is 29.4 Å². The number of carbonyl (C=O) groups is 1. The van der Waals surface area contributed by atoms with Gasteiger partial charge < -0.3 is 14.6 Å². The van der Waals surface area contributed by atoms with E-state index in [1.165, 1.54) is 17.8 Å². The van der Waals surface area contributed by atoms with E-state index in [4.69, 9.17) is 4.74 Å².